The Balaban J connectivity index is 1.30. The molecule has 1 aliphatic heterocycles. The fraction of sp³-hybridized carbons (Fsp3) is 0.370. The molecule has 4 rings (SSSR count). The number of hydrogen-bond donors (Lipinski definition) is 1. The molecule has 7 nitrogen and oxygen atoms in total. The standard InChI is InChI=1S/C27H33N5O2/c1-3-31(4-2)23-9-8-10-24(19-23)34-20-27(33)28-22-13-11-21(12-14-22)25-15-16-26(30-29-25)32-17-6-5-7-18-32/h8-16,19H,3-7,17-18,20H2,1-2H3,(H,28,33). The smallest absolute Gasteiger partial charge is 0.262 e. The van der Waals surface area contributed by atoms with Gasteiger partial charge in [0, 0.05) is 49.2 Å². The number of benzene rings is 2. The van der Waals surface area contributed by atoms with E-state index in [4.69, 9.17) is 4.74 Å². The van der Waals surface area contributed by atoms with Crippen LogP contribution >= 0.6 is 0 Å². The normalized spacial score (nSPS) is 13.4. The van der Waals surface area contributed by atoms with E-state index in [1.54, 1.807) is 0 Å². The van der Waals surface area contributed by atoms with E-state index in [2.05, 4.69) is 39.2 Å². The lowest BCUT2D eigenvalue weighted by molar-refractivity contribution is -0.118. The number of amides is 1. The molecular formula is C27H33N5O2. The molecule has 3 aromatic rings. The van der Waals surface area contributed by atoms with Crippen molar-refractivity contribution in [1.29, 1.82) is 0 Å². The molecule has 0 radical (unpaired) electrons. The first-order chi connectivity index (χ1) is 16.7. The third-order valence-corrected chi connectivity index (χ3v) is 6.11. The minimum atomic E-state index is -0.202. The molecule has 1 saturated heterocycles. The molecule has 0 atom stereocenters. The largest absolute Gasteiger partial charge is 0.484 e. The van der Waals surface area contributed by atoms with Crippen LogP contribution in [0.5, 0.6) is 5.75 Å². The maximum atomic E-state index is 12.4. The maximum Gasteiger partial charge on any atom is 0.262 e. The van der Waals surface area contributed by atoms with Gasteiger partial charge in [0.1, 0.15) is 5.75 Å². The molecule has 34 heavy (non-hydrogen) atoms. The first-order valence-corrected chi connectivity index (χ1v) is 12.1. The Kier molecular flexibility index (Phi) is 7.96. The summed E-state index contributed by atoms with van der Waals surface area (Å²) in [5, 5.41) is 11.7. The Morgan fingerprint density at radius 2 is 1.74 bits per heavy atom. The quantitative estimate of drug-likeness (QED) is 0.486. The van der Waals surface area contributed by atoms with Crippen LogP contribution in [0, 0.1) is 0 Å². The second kappa shape index (κ2) is 11.5. The Hall–Kier alpha value is -3.61. The average molecular weight is 460 g/mol. The first kappa shape index (κ1) is 23.5. The van der Waals surface area contributed by atoms with Crippen molar-refractivity contribution in [3.05, 3.63) is 60.7 Å². The van der Waals surface area contributed by atoms with E-state index in [9.17, 15) is 4.79 Å². The number of nitrogens with zero attached hydrogens (tertiary/aromatic N) is 4. The summed E-state index contributed by atoms with van der Waals surface area (Å²) < 4.78 is 5.71. The molecule has 1 amide bonds. The lowest BCUT2D eigenvalue weighted by Crippen LogP contribution is -2.30. The molecule has 0 unspecified atom stereocenters. The van der Waals surface area contributed by atoms with Gasteiger partial charge in [-0.2, -0.15) is 0 Å². The summed E-state index contributed by atoms with van der Waals surface area (Å²) in [6, 6.07) is 19.5. The van der Waals surface area contributed by atoms with Crippen LogP contribution in [0.1, 0.15) is 33.1 Å². The zero-order valence-electron chi connectivity index (χ0n) is 20.0. The number of carbonyl (C=O) groups is 1. The molecule has 0 aliphatic carbocycles. The molecule has 1 N–H and O–H groups in total. The fourth-order valence-electron chi connectivity index (χ4n) is 4.20. The third kappa shape index (κ3) is 6.04. The van der Waals surface area contributed by atoms with Crippen LogP contribution in [0.3, 0.4) is 0 Å². The lowest BCUT2D eigenvalue weighted by atomic mass is 10.1. The number of nitrogens with one attached hydrogen (secondary N) is 1. The van der Waals surface area contributed by atoms with E-state index >= 15 is 0 Å². The maximum absolute atomic E-state index is 12.4. The van der Waals surface area contributed by atoms with Gasteiger partial charge in [0.25, 0.3) is 5.91 Å². The van der Waals surface area contributed by atoms with Gasteiger partial charge in [0.2, 0.25) is 0 Å². The predicted octanol–water partition coefficient (Wildman–Crippen LogP) is 5.00. The van der Waals surface area contributed by atoms with Gasteiger partial charge in [-0.1, -0.05) is 18.2 Å². The highest BCUT2D eigenvalue weighted by Gasteiger charge is 2.13. The van der Waals surface area contributed by atoms with Gasteiger partial charge in [0.15, 0.2) is 12.4 Å². The van der Waals surface area contributed by atoms with Crippen LogP contribution in [0.25, 0.3) is 11.3 Å². The van der Waals surface area contributed by atoms with Gasteiger partial charge in [-0.15, -0.1) is 10.2 Å². The minimum absolute atomic E-state index is 0.0487. The SMILES string of the molecule is CCN(CC)c1cccc(OCC(=O)Nc2ccc(-c3ccc(N4CCCCC4)nn3)cc2)c1. The van der Waals surface area contributed by atoms with Crippen LogP contribution in [0.4, 0.5) is 17.2 Å². The Labute approximate surface area is 201 Å². The molecule has 178 valence electrons. The Morgan fingerprint density at radius 3 is 2.41 bits per heavy atom. The van der Waals surface area contributed by atoms with Crippen molar-refractivity contribution in [3.8, 4) is 17.0 Å². The van der Waals surface area contributed by atoms with E-state index in [0.717, 1.165) is 48.9 Å². The number of hydrogen-bond acceptors (Lipinski definition) is 6. The third-order valence-electron chi connectivity index (χ3n) is 6.11. The van der Waals surface area contributed by atoms with E-state index in [0.29, 0.717) is 11.4 Å². The van der Waals surface area contributed by atoms with Gasteiger partial charge in [-0.3, -0.25) is 4.79 Å². The van der Waals surface area contributed by atoms with Gasteiger partial charge in [-0.25, -0.2) is 0 Å². The van der Waals surface area contributed by atoms with E-state index in [1.165, 1.54) is 19.3 Å². The van der Waals surface area contributed by atoms with Crippen molar-refractivity contribution >= 4 is 23.1 Å². The summed E-state index contributed by atoms with van der Waals surface area (Å²) in [7, 11) is 0. The van der Waals surface area contributed by atoms with Gasteiger partial charge in [-0.05, 0) is 69.5 Å². The molecule has 1 aliphatic rings. The van der Waals surface area contributed by atoms with Gasteiger partial charge < -0.3 is 19.9 Å². The number of anilines is 3. The van der Waals surface area contributed by atoms with Gasteiger partial charge >= 0.3 is 0 Å². The fourth-order valence-corrected chi connectivity index (χ4v) is 4.20. The minimum Gasteiger partial charge on any atom is -0.484 e. The van der Waals surface area contributed by atoms with Crippen LogP contribution in [0.2, 0.25) is 0 Å². The monoisotopic (exact) mass is 459 g/mol. The van der Waals surface area contributed by atoms with Crippen molar-refractivity contribution in [2.45, 2.75) is 33.1 Å². The predicted molar refractivity (Wildman–Crippen MR) is 138 cm³/mol. The molecule has 2 heterocycles. The molecule has 1 fully saturated rings. The molecule has 0 spiro atoms. The molecule has 0 saturated carbocycles. The van der Waals surface area contributed by atoms with Crippen LogP contribution in [-0.4, -0.2) is 48.9 Å². The summed E-state index contributed by atoms with van der Waals surface area (Å²) in [5.41, 5.74) is 3.58. The van der Waals surface area contributed by atoms with Crippen molar-refractivity contribution in [2.75, 3.05) is 47.9 Å². The summed E-state index contributed by atoms with van der Waals surface area (Å²) in [6.45, 7) is 8.13. The summed E-state index contributed by atoms with van der Waals surface area (Å²) in [6.07, 6.45) is 3.72. The molecule has 0 bridgehead atoms. The highest BCUT2D eigenvalue weighted by Crippen LogP contribution is 2.23. The Bertz CT molecular complexity index is 1060. The zero-order chi connectivity index (χ0) is 23.8. The molecular weight excluding hydrogens is 426 g/mol. The van der Waals surface area contributed by atoms with Crippen LogP contribution in [-0.2, 0) is 4.79 Å². The Morgan fingerprint density at radius 1 is 0.971 bits per heavy atom. The number of aromatic nitrogens is 2. The number of rotatable bonds is 9. The van der Waals surface area contributed by atoms with Crippen LogP contribution < -0.4 is 19.9 Å². The second-order valence-electron chi connectivity index (χ2n) is 8.41. The average Bonchev–Trinajstić information content (AvgIpc) is 2.90. The van der Waals surface area contributed by atoms with Crippen molar-refractivity contribution in [3.63, 3.8) is 0 Å². The highest BCUT2D eigenvalue weighted by atomic mass is 16.5. The van der Waals surface area contributed by atoms with Crippen molar-refractivity contribution < 1.29 is 9.53 Å². The second-order valence-corrected chi connectivity index (χ2v) is 8.41. The summed E-state index contributed by atoms with van der Waals surface area (Å²) in [5.74, 6) is 1.42. The summed E-state index contributed by atoms with van der Waals surface area (Å²) in [4.78, 5) is 16.9. The van der Waals surface area contributed by atoms with Crippen molar-refractivity contribution in [2.24, 2.45) is 0 Å². The zero-order valence-corrected chi connectivity index (χ0v) is 20.0. The first-order valence-electron chi connectivity index (χ1n) is 12.1. The highest BCUT2D eigenvalue weighted by molar-refractivity contribution is 5.92. The number of piperidine rings is 1. The summed E-state index contributed by atoms with van der Waals surface area (Å²) >= 11 is 0. The molecule has 1 aromatic heterocycles. The number of ether oxygens (including phenoxy) is 1. The lowest BCUT2D eigenvalue weighted by Gasteiger charge is -2.27. The topological polar surface area (TPSA) is 70.6 Å². The van der Waals surface area contributed by atoms with E-state index in [1.807, 2.05) is 60.7 Å². The van der Waals surface area contributed by atoms with E-state index < -0.39 is 0 Å². The van der Waals surface area contributed by atoms with Gasteiger partial charge in [0.05, 0.1) is 5.69 Å². The van der Waals surface area contributed by atoms with Crippen molar-refractivity contribution in [1.82, 2.24) is 10.2 Å². The molecule has 2 aromatic carbocycles. The molecule has 7 heteroatoms. The number of carbonyl (C=O) groups excluding carboxylic acids is 1. The van der Waals surface area contributed by atoms with E-state index in [-0.39, 0.29) is 12.5 Å². The van der Waals surface area contributed by atoms with Crippen LogP contribution in [0.15, 0.2) is 60.7 Å².